The Morgan fingerprint density at radius 2 is 1.76 bits per heavy atom. The Morgan fingerprint density at radius 3 is 2.44 bits per heavy atom. The molecule has 1 amide bonds. The normalized spacial score (nSPS) is 10.5. The number of hydrogen-bond donors (Lipinski definition) is 1. The van der Waals surface area contributed by atoms with Gasteiger partial charge in [-0.25, -0.2) is 0 Å². The molecule has 0 aliphatic carbocycles. The predicted molar refractivity (Wildman–Crippen MR) is 108 cm³/mol. The first-order chi connectivity index (χ1) is 12.1. The van der Waals surface area contributed by atoms with Crippen LogP contribution in [0.2, 0.25) is 0 Å². The quantitative estimate of drug-likeness (QED) is 0.494. The van der Waals surface area contributed by atoms with Crippen molar-refractivity contribution in [3.05, 3.63) is 58.1 Å². The summed E-state index contributed by atoms with van der Waals surface area (Å²) in [6.07, 6.45) is 6.13. The highest BCUT2D eigenvalue weighted by molar-refractivity contribution is 9.10. The number of aryl methyl sites for hydroxylation is 1. The SMILES string of the molecule is CCCCCCCOc1ccc(NC(=O)c2ccc(C)c(Br)c2)cc1. The number of rotatable bonds is 9. The summed E-state index contributed by atoms with van der Waals surface area (Å²) in [6.45, 7) is 4.95. The van der Waals surface area contributed by atoms with Gasteiger partial charge in [0.1, 0.15) is 5.75 Å². The standard InChI is InChI=1S/C21H26BrNO2/c1-3-4-5-6-7-14-25-19-12-10-18(11-13-19)23-21(24)17-9-8-16(2)20(22)15-17/h8-13,15H,3-7,14H2,1-2H3,(H,23,24). The number of benzene rings is 2. The van der Waals surface area contributed by atoms with Crippen LogP contribution in [0.4, 0.5) is 5.69 Å². The van der Waals surface area contributed by atoms with Gasteiger partial charge in [0.2, 0.25) is 0 Å². The van der Waals surface area contributed by atoms with E-state index in [1.54, 1.807) is 0 Å². The molecule has 134 valence electrons. The average Bonchev–Trinajstić information content (AvgIpc) is 2.61. The summed E-state index contributed by atoms with van der Waals surface area (Å²) in [7, 11) is 0. The molecule has 0 spiro atoms. The third-order valence-electron chi connectivity index (χ3n) is 4.06. The zero-order valence-electron chi connectivity index (χ0n) is 15.0. The maximum atomic E-state index is 12.3. The van der Waals surface area contributed by atoms with E-state index >= 15 is 0 Å². The van der Waals surface area contributed by atoms with Crippen LogP contribution in [0.15, 0.2) is 46.9 Å². The van der Waals surface area contributed by atoms with Crippen molar-refractivity contribution in [1.29, 1.82) is 0 Å². The van der Waals surface area contributed by atoms with Gasteiger partial charge in [-0.1, -0.05) is 54.6 Å². The topological polar surface area (TPSA) is 38.3 Å². The van der Waals surface area contributed by atoms with Crippen LogP contribution in [0.5, 0.6) is 5.75 Å². The second-order valence-corrected chi connectivity index (χ2v) is 7.06. The number of unbranched alkanes of at least 4 members (excludes halogenated alkanes) is 4. The molecule has 3 nitrogen and oxygen atoms in total. The number of ether oxygens (including phenoxy) is 1. The van der Waals surface area contributed by atoms with Crippen molar-refractivity contribution in [2.75, 3.05) is 11.9 Å². The third-order valence-corrected chi connectivity index (χ3v) is 4.92. The van der Waals surface area contributed by atoms with Gasteiger partial charge in [0.25, 0.3) is 5.91 Å². The van der Waals surface area contributed by atoms with Gasteiger partial charge in [-0.05, 0) is 55.3 Å². The highest BCUT2D eigenvalue weighted by Crippen LogP contribution is 2.20. The Bertz CT molecular complexity index is 683. The van der Waals surface area contributed by atoms with Gasteiger partial charge in [-0.2, -0.15) is 0 Å². The zero-order chi connectivity index (χ0) is 18.1. The van der Waals surface area contributed by atoms with Gasteiger partial charge >= 0.3 is 0 Å². The number of carbonyl (C=O) groups excluding carboxylic acids is 1. The summed E-state index contributed by atoms with van der Waals surface area (Å²) < 4.78 is 6.67. The molecular weight excluding hydrogens is 378 g/mol. The number of nitrogens with one attached hydrogen (secondary N) is 1. The lowest BCUT2D eigenvalue weighted by molar-refractivity contribution is 0.102. The van der Waals surface area contributed by atoms with Crippen LogP contribution < -0.4 is 10.1 Å². The van der Waals surface area contributed by atoms with E-state index in [0.29, 0.717) is 5.56 Å². The highest BCUT2D eigenvalue weighted by Gasteiger charge is 2.07. The molecule has 2 rings (SSSR count). The molecule has 0 aliphatic rings. The second-order valence-electron chi connectivity index (χ2n) is 6.21. The molecule has 4 heteroatoms. The van der Waals surface area contributed by atoms with E-state index in [4.69, 9.17) is 4.74 Å². The molecule has 0 radical (unpaired) electrons. The Balaban J connectivity index is 1.81. The van der Waals surface area contributed by atoms with Crippen molar-refractivity contribution in [1.82, 2.24) is 0 Å². The van der Waals surface area contributed by atoms with Gasteiger partial charge < -0.3 is 10.1 Å². The van der Waals surface area contributed by atoms with Gasteiger partial charge in [-0.3, -0.25) is 4.79 Å². The minimum atomic E-state index is -0.120. The highest BCUT2D eigenvalue weighted by atomic mass is 79.9. The number of halogens is 1. The third kappa shape index (κ3) is 6.54. The maximum absolute atomic E-state index is 12.3. The first-order valence-corrected chi connectivity index (χ1v) is 9.70. The molecule has 2 aromatic carbocycles. The summed E-state index contributed by atoms with van der Waals surface area (Å²) in [4.78, 5) is 12.3. The summed E-state index contributed by atoms with van der Waals surface area (Å²) in [5.74, 6) is 0.719. The number of hydrogen-bond acceptors (Lipinski definition) is 2. The van der Waals surface area contributed by atoms with Crippen molar-refractivity contribution < 1.29 is 9.53 Å². The lowest BCUT2D eigenvalue weighted by Crippen LogP contribution is -2.11. The largest absolute Gasteiger partial charge is 0.494 e. The molecular formula is C21H26BrNO2. The van der Waals surface area contributed by atoms with E-state index in [-0.39, 0.29) is 5.91 Å². The van der Waals surface area contributed by atoms with E-state index in [2.05, 4.69) is 28.2 Å². The number of carbonyl (C=O) groups is 1. The molecule has 0 saturated carbocycles. The summed E-state index contributed by atoms with van der Waals surface area (Å²) in [6, 6.07) is 13.1. The first-order valence-electron chi connectivity index (χ1n) is 8.90. The lowest BCUT2D eigenvalue weighted by Gasteiger charge is -2.09. The Kier molecular flexibility index (Phi) is 7.99. The molecule has 1 N–H and O–H groups in total. The second kappa shape index (κ2) is 10.2. The van der Waals surface area contributed by atoms with E-state index in [1.807, 2.05) is 49.4 Å². The van der Waals surface area contributed by atoms with Gasteiger partial charge in [0.15, 0.2) is 0 Å². The van der Waals surface area contributed by atoms with Crippen molar-refractivity contribution in [2.24, 2.45) is 0 Å². The smallest absolute Gasteiger partial charge is 0.255 e. The van der Waals surface area contributed by atoms with Crippen LogP contribution in [-0.4, -0.2) is 12.5 Å². The van der Waals surface area contributed by atoms with Gasteiger partial charge in [0.05, 0.1) is 6.61 Å². The van der Waals surface area contributed by atoms with E-state index < -0.39 is 0 Å². The fraction of sp³-hybridized carbons (Fsp3) is 0.381. The van der Waals surface area contributed by atoms with Crippen molar-refractivity contribution in [3.8, 4) is 5.75 Å². The van der Waals surface area contributed by atoms with Crippen LogP contribution in [0.25, 0.3) is 0 Å². The zero-order valence-corrected chi connectivity index (χ0v) is 16.6. The minimum Gasteiger partial charge on any atom is -0.494 e. The Labute approximate surface area is 158 Å². The molecule has 0 heterocycles. The van der Waals surface area contributed by atoms with Crippen molar-refractivity contribution in [3.63, 3.8) is 0 Å². The summed E-state index contributed by atoms with van der Waals surface area (Å²) in [5, 5.41) is 2.91. The van der Waals surface area contributed by atoms with Crippen LogP contribution in [0.1, 0.15) is 54.9 Å². The fourth-order valence-electron chi connectivity index (χ4n) is 2.47. The van der Waals surface area contributed by atoms with E-state index in [9.17, 15) is 4.79 Å². The lowest BCUT2D eigenvalue weighted by atomic mass is 10.1. The summed E-state index contributed by atoms with van der Waals surface area (Å²) in [5.41, 5.74) is 2.50. The molecule has 0 fully saturated rings. The minimum absolute atomic E-state index is 0.120. The molecule has 0 bridgehead atoms. The van der Waals surface area contributed by atoms with Crippen molar-refractivity contribution >= 4 is 27.5 Å². The predicted octanol–water partition coefficient (Wildman–Crippen LogP) is 6.36. The number of amides is 1. The molecule has 25 heavy (non-hydrogen) atoms. The van der Waals surface area contributed by atoms with Crippen LogP contribution in [-0.2, 0) is 0 Å². The first kappa shape index (κ1) is 19.5. The maximum Gasteiger partial charge on any atom is 0.255 e. The molecule has 0 aliphatic heterocycles. The van der Waals surface area contributed by atoms with E-state index in [1.165, 1.54) is 25.7 Å². The fourth-order valence-corrected chi connectivity index (χ4v) is 2.85. The van der Waals surface area contributed by atoms with Crippen LogP contribution >= 0.6 is 15.9 Å². The van der Waals surface area contributed by atoms with Crippen LogP contribution in [0, 0.1) is 6.92 Å². The molecule has 0 unspecified atom stereocenters. The Hall–Kier alpha value is -1.81. The molecule has 0 atom stereocenters. The van der Waals surface area contributed by atoms with Crippen LogP contribution in [0.3, 0.4) is 0 Å². The molecule has 0 saturated heterocycles. The molecule has 0 aromatic heterocycles. The van der Waals surface area contributed by atoms with Gasteiger partial charge in [-0.15, -0.1) is 0 Å². The Morgan fingerprint density at radius 1 is 1.04 bits per heavy atom. The number of anilines is 1. The summed E-state index contributed by atoms with van der Waals surface area (Å²) >= 11 is 3.46. The monoisotopic (exact) mass is 403 g/mol. The average molecular weight is 404 g/mol. The van der Waals surface area contributed by atoms with Gasteiger partial charge in [0, 0.05) is 15.7 Å². The van der Waals surface area contributed by atoms with Crippen molar-refractivity contribution in [2.45, 2.75) is 46.0 Å². The molecule has 2 aromatic rings. The van der Waals surface area contributed by atoms with E-state index in [0.717, 1.165) is 34.5 Å².